The molecule has 2 heterocycles. The van der Waals surface area contributed by atoms with Crippen LogP contribution in [0.4, 0.5) is 0 Å². The second kappa shape index (κ2) is 14.2. The third-order valence-electron chi connectivity index (χ3n) is 4.37. The number of hydrogen-bond acceptors (Lipinski definition) is 6. The molecule has 2 N–H and O–H groups in total. The van der Waals surface area contributed by atoms with Crippen LogP contribution in [0.3, 0.4) is 0 Å². The monoisotopic (exact) mass is 536 g/mol. The van der Waals surface area contributed by atoms with Crippen molar-refractivity contribution < 1.29 is 17.9 Å². The molecule has 0 aromatic rings. The summed E-state index contributed by atoms with van der Waals surface area (Å²) in [6, 6.07) is 0. The third kappa shape index (κ3) is 9.97. The highest BCUT2D eigenvalue weighted by molar-refractivity contribution is 14.0. The van der Waals surface area contributed by atoms with E-state index in [0.717, 1.165) is 50.7 Å². The summed E-state index contributed by atoms with van der Waals surface area (Å²) in [5.41, 5.74) is 0. The highest BCUT2D eigenvalue weighted by Gasteiger charge is 2.23. The molecule has 2 saturated heterocycles. The molecule has 2 aliphatic heterocycles. The van der Waals surface area contributed by atoms with Crippen molar-refractivity contribution in [2.75, 3.05) is 76.9 Å². The van der Waals surface area contributed by atoms with E-state index in [4.69, 9.17) is 9.47 Å². The summed E-state index contributed by atoms with van der Waals surface area (Å²) in [5, 5.41) is 6.26. The van der Waals surface area contributed by atoms with Crippen LogP contribution in [-0.4, -0.2) is 95.6 Å². The number of hydrogen-bond donors (Lipinski definition) is 2. The van der Waals surface area contributed by atoms with Gasteiger partial charge in [-0.05, 0) is 12.8 Å². The van der Waals surface area contributed by atoms with Crippen LogP contribution in [0, 0.1) is 5.92 Å². The van der Waals surface area contributed by atoms with Gasteiger partial charge in [-0.15, -0.1) is 24.0 Å². The Bertz CT molecular complexity index is 525. The molecule has 8 nitrogen and oxygen atoms in total. The maximum atomic E-state index is 12.3. The van der Waals surface area contributed by atoms with Crippen molar-refractivity contribution in [3.05, 3.63) is 0 Å². The molecule has 2 fully saturated rings. The molecular weight excluding hydrogens is 503 g/mol. The summed E-state index contributed by atoms with van der Waals surface area (Å²) in [6.07, 6.45) is 1.96. The van der Waals surface area contributed by atoms with E-state index in [1.54, 1.807) is 23.1 Å². The van der Waals surface area contributed by atoms with Crippen molar-refractivity contribution in [3.63, 3.8) is 0 Å². The highest BCUT2D eigenvalue weighted by Crippen LogP contribution is 2.13. The van der Waals surface area contributed by atoms with Gasteiger partial charge in [0, 0.05) is 63.9 Å². The molecule has 0 amide bonds. The second-order valence-corrected chi connectivity index (χ2v) is 9.72. The van der Waals surface area contributed by atoms with Crippen LogP contribution < -0.4 is 10.6 Å². The van der Waals surface area contributed by atoms with E-state index in [2.05, 4.69) is 15.6 Å². The molecular formula is C16H33IN4O4S2. The lowest BCUT2D eigenvalue weighted by Crippen LogP contribution is -2.44. The third-order valence-corrected chi connectivity index (χ3v) is 7.19. The van der Waals surface area contributed by atoms with Gasteiger partial charge < -0.3 is 20.1 Å². The maximum absolute atomic E-state index is 12.3. The lowest BCUT2D eigenvalue weighted by Gasteiger charge is -2.25. The molecule has 0 saturated carbocycles. The van der Waals surface area contributed by atoms with Gasteiger partial charge in [0.05, 0.1) is 19.0 Å². The van der Waals surface area contributed by atoms with Crippen LogP contribution in [0.25, 0.3) is 0 Å². The first-order valence-corrected chi connectivity index (χ1v) is 12.0. The molecule has 27 heavy (non-hydrogen) atoms. The van der Waals surface area contributed by atoms with Crippen molar-refractivity contribution in [3.8, 4) is 0 Å². The van der Waals surface area contributed by atoms with Gasteiger partial charge in [0.25, 0.3) is 0 Å². The summed E-state index contributed by atoms with van der Waals surface area (Å²) >= 11 is 1.80. The fourth-order valence-corrected chi connectivity index (χ4v) is 5.31. The Balaban J connectivity index is 0.00000364. The Kier molecular flexibility index (Phi) is 13.3. The van der Waals surface area contributed by atoms with Gasteiger partial charge in [0.1, 0.15) is 0 Å². The molecule has 2 rings (SSSR count). The molecule has 0 aromatic carbocycles. The quantitative estimate of drug-likeness (QED) is 0.183. The van der Waals surface area contributed by atoms with E-state index in [-0.39, 0.29) is 29.7 Å². The molecule has 1 atom stereocenters. The van der Waals surface area contributed by atoms with Gasteiger partial charge in [-0.25, -0.2) is 12.7 Å². The zero-order valence-electron chi connectivity index (χ0n) is 16.0. The molecule has 0 aliphatic carbocycles. The van der Waals surface area contributed by atoms with Crippen molar-refractivity contribution in [1.29, 1.82) is 0 Å². The van der Waals surface area contributed by atoms with Crippen molar-refractivity contribution in [1.82, 2.24) is 14.9 Å². The van der Waals surface area contributed by atoms with Gasteiger partial charge in [-0.1, -0.05) is 0 Å². The van der Waals surface area contributed by atoms with E-state index in [9.17, 15) is 8.42 Å². The number of rotatable bonds is 10. The molecule has 160 valence electrons. The number of sulfonamides is 1. The molecule has 2 aliphatic rings. The number of ether oxygens (including phenoxy) is 2. The highest BCUT2D eigenvalue weighted by atomic mass is 127. The first-order valence-electron chi connectivity index (χ1n) is 9.27. The summed E-state index contributed by atoms with van der Waals surface area (Å²) in [6.45, 7) is 5.44. The molecule has 0 bridgehead atoms. The Morgan fingerprint density at radius 3 is 2.70 bits per heavy atom. The standard InChI is InChI=1S/C16H32N4O4S2.HI/c1-17-16(18-4-2-8-23-13-15-3-9-24-14-15)19-5-12-26(21,22)20-6-10-25-11-7-20;/h15H,2-14H2,1H3,(H2,17,18,19);1H. The zero-order chi connectivity index (χ0) is 18.7. The first kappa shape index (κ1) is 25.2. The Hall–Kier alpha value is 0.180. The van der Waals surface area contributed by atoms with E-state index in [1.165, 1.54) is 0 Å². The lowest BCUT2D eigenvalue weighted by atomic mass is 10.1. The topological polar surface area (TPSA) is 92.3 Å². The summed E-state index contributed by atoms with van der Waals surface area (Å²) in [5.74, 6) is 3.01. The number of nitrogens with one attached hydrogen (secondary N) is 2. The molecule has 0 aromatic heterocycles. The van der Waals surface area contributed by atoms with E-state index >= 15 is 0 Å². The predicted molar refractivity (Wildman–Crippen MR) is 122 cm³/mol. The van der Waals surface area contributed by atoms with Crippen molar-refractivity contribution in [2.45, 2.75) is 12.8 Å². The van der Waals surface area contributed by atoms with Gasteiger partial charge in [-0.2, -0.15) is 11.8 Å². The van der Waals surface area contributed by atoms with Crippen LogP contribution in [0.5, 0.6) is 0 Å². The van der Waals surface area contributed by atoms with Gasteiger partial charge in [0.15, 0.2) is 5.96 Å². The second-order valence-electron chi connectivity index (χ2n) is 6.41. The Morgan fingerprint density at radius 1 is 1.30 bits per heavy atom. The summed E-state index contributed by atoms with van der Waals surface area (Å²) in [4.78, 5) is 4.13. The Labute approximate surface area is 184 Å². The molecule has 0 spiro atoms. The van der Waals surface area contributed by atoms with E-state index in [0.29, 0.717) is 38.1 Å². The van der Waals surface area contributed by atoms with Gasteiger partial charge >= 0.3 is 0 Å². The minimum atomic E-state index is -3.18. The fourth-order valence-electron chi connectivity index (χ4n) is 2.82. The zero-order valence-corrected chi connectivity index (χ0v) is 20.0. The lowest BCUT2D eigenvalue weighted by molar-refractivity contribution is 0.0888. The van der Waals surface area contributed by atoms with Crippen LogP contribution >= 0.6 is 35.7 Å². The number of thioether (sulfide) groups is 1. The Morgan fingerprint density at radius 2 is 2.04 bits per heavy atom. The average molecular weight is 537 g/mol. The van der Waals surface area contributed by atoms with Gasteiger partial charge in [-0.3, -0.25) is 4.99 Å². The summed E-state index contributed by atoms with van der Waals surface area (Å²) < 4.78 is 37.1. The predicted octanol–water partition coefficient (Wildman–Crippen LogP) is 0.591. The molecule has 0 radical (unpaired) electrons. The number of nitrogens with zero attached hydrogens (tertiary/aromatic N) is 2. The number of halogens is 1. The van der Waals surface area contributed by atoms with Crippen molar-refractivity contribution in [2.24, 2.45) is 10.9 Å². The fraction of sp³-hybridized carbons (Fsp3) is 0.938. The number of aliphatic imine (C=N–C) groups is 1. The normalized spacial score (nSPS) is 21.7. The summed E-state index contributed by atoms with van der Waals surface area (Å²) in [7, 11) is -1.50. The van der Waals surface area contributed by atoms with Crippen LogP contribution in [-0.2, 0) is 19.5 Å². The van der Waals surface area contributed by atoms with E-state index in [1.807, 2.05) is 0 Å². The smallest absolute Gasteiger partial charge is 0.215 e. The minimum Gasteiger partial charge on any atom is -0.381 e. The molecule has 11 heteroatoms. The van der Waals surface area contributed by atoms with Crippen LogP contribution in [0.1, 0.15) is 12.8 Å². The SMILES string of the molecule is CN=C(NCCCOCC1CCOC1)NCCS(=O)(=O)N1CCSCC1.I. The number of guanidine groups is 1. The average Bonchev–Trinajstić information content (AvgIpc) is 3.17. The van der Waals surface area contributed by atoms with E-state index < -0.39 is 10.0 Å². The molecule has 1 unspecified atom stereocenters. The first-order chi connectivity index (χ1) is 12.6. The van der Waals surface area contributed by atoms with Crippen LogP contribution in [0.2, 0.25) is 0 Å². The maximum Gasteiger partial charge on any atom is 0.215 e. The largest absolute Gasteiger partial charge is 0.381 e. The minimum absolute atomic E-state index is 0. The van der Waals surface area contributed by atoms with Crippen LogP contribution in [0.15, 0.2) is 4.99 Å². The van der Waals surface area contributed by atoms with Gasteiger partial charge in [0.2, 0.25) is 10.0 Å². The van der Waals surface area contributed by atoms with Crippen molar-refractivity contribution >= 4 is 51.7 Å².